The fourth-order valence-electron chi connectivity index (χ4n) is 2.82. The Morgan fingerprint density at radius 3 is 2.61 bits per heavy atom. The van der Waals surface area contributed by atoms with Gasteiger partial charge in [0.1, 0.15) is 6.54 Å². The number of ether oxygens (including phenoxy) is 1. The highest BCUT2D eigenvalue weighted by molar-refractivity contribution is 7.90. The van der Waals surface area contributed by atoms with Crippen LogP contribution in [0.3, 0.4) is 0 Å². The Hall–Kier alpha value is -2.45. The van der Waals surface area contributed by atoms with Crippen molar-refractivity contribution in [2.75, 3.05) is 7.11 Å². The maximum atomic E-state index is 12.7. The van der Waals surface area contributed by atoms with Crippen molar-refractivity contribution in [2.24, 2.45) is 4.40 Å². The zero-order valence-corrected chi connectivity index (χ0v) is 17.4. The SMILES string of the molecule is CCCCc1ccc2c(c1)s/c(=N\S(=O)(=O)c1ccccc1)n2CC(=O)OC. The summed E-state index contributed by atoms with van der Waals surface area (Å²) in [6, 6.07) is 14.0. The van der Waals surface area contributed by atoms with Crippen molar-refractivity contribution >= 4 is 37.5 Å². The number of carbonyl (C=O) groups is 1. The summed E-state index contributed by atoms with van der Waals surface area (Å²) in [7, 11) is -2.58. The van der Waals surface area contributed by atoms with Crippen LogP contribution in [0.5, 0.6) is 0 Å². The summed E-state index contributed by atoms with van der Waals surface area (Å²) in [4.78, 5) is 12.2. The molecule has 0 atom stereocenters. The van der Waals surface area contributed by atoms with Gasteiger partial charge in [0.05, 0.1) is 22.2 Å². The predicted octanol–water partition coefficient (Wildman–Crippen LogP) is 3.51. The van der Waals surface area contributed by atoms with Crippen LogP contribution >= 0.6 is 11.3 Å². The molecule has 2 aromatic carbocycles. The molecule has 0 aliphatic heterocycles. The van der Waals surface area contributed by atoms with E-state index in [1.807, 2.05) is 18.2 Å². The van der Waals surface area contributed by atoms with Crippen LogP contribution in [0.25, 0.3) is 10.2 Å². The molecule has 0 radical (unpaired) electrons. The Bertz CT molecular complexity index is 1150. The molecule has 8 heteroatoms. The van der Waals surface area contributed by atoms with Gasteiger partial charge < -0.3 is 9.30 Å². The van der Waals surface area contributed by atoms with E-state index >= 15 is 0 Å². The number of nitrogens with zero attached hydrogens (tertiary/aromatic N) is 2. The zero-order chi connectivity index (χ0) is 20.1. The Kier molecular flexibility index (Phi) is 6.31. The fourth-order valence-corrected chi connectivity index (χ4v) is 5.14. The second kappa shape index (κ2) is 8.70. The summed E-state index contributed by atoms with van der Waals surface area (Å²) >= 11 is 1.25. The number of aromatic nitrogens is 1. The number of rotatable bonds is 7. The van der Waals surface area contributed by atoms with Gasteiger partial charge in [0.25, 0.3) is 10.0 Å². The third-order valence-corrected chi connectivity index (χ3v) is 6.76. The fraction of sp³-hybridized carbons (Fsp3) is 0.300. The molecular formula is C20H22N2O4S2. The maximum absolute atomic E-state index is 12.7. The molecule has 0 amide bonds. The lowest BCUT2D eigenvalue weighted by Gasteiger charge is -2.05. The number of benzene rings is 2. The first-order valence-electron chi connectivity index (χ1n) is 8.99. The van der Waals surface area contributed by atoms with E-state index in [4.69, 9.17) is 4.74 Å². The first kappa shape index (κ1) is 20.3. The number of hydrogen-bond acceptors (Lipinski definition) is 5. The van der Waals surface area contributed by atoms with Gasteiger partial charge in [0, 0.05) is 0 Å². The van der Waals surface area contributed by atoms with Gasteiger partial charge in [0.2, 0.25) is 4.80 Å². The summed E-state index contributed by atoms with van der Waals surface area (Å²) in [6.45, 7) is 2.04. The van der Waals surface area contributed by atoms with E-state index in [9.17, 15) is 13.2 Å². The van der Waals surface area contributed by atoms with Crippen LogP contribution in [-0.4, -0.2) is 26.1 Å². The number of sulfonamides is 1. The number of unbranched alkanes of at least 4 members (excludes halogenated alkanes) is 1. The second-order valence-corrected chi connectivity index (χ2v) is 8.95. The molecule has 0 N–H and O–H groups in total. The Morgan fingerprint density at radius 1 is 1.18 bits per heavy atom. The number of thiazole rings is 1. The number of aryl methyl sites for hydroxylation is 1. The Labute approximate surface area is 168 Å². The van der Waals surface area contributed by atoms with Gasteiger partial charge in [0.15, 0.2) is 0 Å². The molecule has 148 valence electrons. The van der Waals surface area contributed by atoms with E-state index < -0.39 is 16.0 Å². The summed E-state index contributed by atoms with van der Waals surface area (Å²) in [5.41, 5.74) is 1.94. The van der Waals surface area contributed by atoms with Gasteiger partial charge in [-0.2, -0.15) is 8.42 Å². The van der Waals surface area contributed by atoms with Crippen LogP contribution in [0, 0.1) is 0 Å². The quantitative estimate of drug-likeness (QED) is 0.550. The molecule has 1 aromatic heterocycles. The van der Waals surface area contributed by atoms with E-state index in [2.05, 4.69) is 11.3 Å². The van der Waals surface area contributed by atoms with Gasteiger partial charge in [-0.3, -0.25) is 4.79 Å². The third-order valence-electron chi connectivity index (χ3n) is 4.32. The minimum Gasteiger partial charge on any atom is -0.468 e. The Balaban J connectivity index is 2.16. The molecule has 6 nitrogen and oxygen atoms in total. The lowest BCUT2D eigenvalue weighted by atomic mass is 10.1. The number of carbonyl (C=O) groups excluding carboxylic acids is 1. The van der Waals surface area contributed by atoms with Crippen LogP contribution in [-0.2, 0) is 32.5 Å². The highest BCUT2D eigenvalue weighted by atomic mass is 32.2. The van der Waals surface area contributed by atoms with Gasteiger partial charge in [-0.15, -0.1) is 4.40 Å². The molecule has 0 aliphatic carbocycles. The standard InChI is InChI=1S/C20H22N2O4S2/c1-3-4-8-15-11-12-17-18(13-15)27-20(22(17)14-19(23)26-2)21-28(24,25)16-9-6-5-7-10-16/h5-7,9-13H,3-4,8,14H2,1-2H3/b21-20-. The van der Waals surface area contributed by atoms with Crippen LogP contribution in [0.15, 0.2) is 57.8 Å². The van der Waals surface area contributed by atoms with Crippen molar-refractivity contribution in [3.63, 3.8) is 0 Å². The van der Waals surface area contributed by atoms with Crippen molar-refractivity contribution in [3.05, 3.63) is 58.9 Å². The van der Waals surface area contributed by atoms with Gasteiger partial charge in [-0.1, -0.05) is 48.9 Å². The average molecular weight is 419 g/mol. The monoisotopic (exact) mass is 418 g/mol. The molecule has 0 aliphatic rings. The highest BCUT2D eigenvalue weighted by Gasteiger charge is 2.16. The molecule has 3 aromatic rings. The lowest BCUT2D eigenvalue weighted by Crippen LogP contribution is -2.22. The first-order chi connectivity index (χ1) is 13.4. The smallest absolute Gasteiger partial charge is 0.325 e. The van der Waals surface area contributed by atoms with Gasteiger partial charge in [-0.05, 0) is 42.7 Å². The maximum Gasteiger partial charge on any atom is 0.325 e. The number of methoxy groups -OCH3 is 1. The molecular weight excluding hydrogens is 396 g/mol. The highest BCUT2D eigenvalue weighted by Crippen LogP contribution is 2.21. The van der Waals surface area contributed by atoms with Crippen molar-refractivity contribution in [2.45, 2.75) is 37.6 Å². The molecule has 0 spiro atoms. The second-order valence-electron chi connectivity index (χ2n) is 6.33. The first-order valence-corrected chi connectivity index (χ1v) is 11.3. The predicted molar refractivity (Wildman–Crippen MR) is 110 cm³/mol. The molecule has 0 bridgehead atoms. The molecule has 1 heterocycles. The molecule has 0 fully saturated rings. The molecule has 0 unspecified atom stereocenters. The van der Waals surface area contributed by atoms with Crippen LogP contribution in [0.4, 0.5) is 0 Å². The van der Waals surface area contributed by atoms with Gasteiger partial charge in [-0.25, -0.2) is 0 Å². The third kappa shape index (κ3) is 4.51. The number of esters is 1. The van der Waals surface area contributed by atoms with E-state index in [0.29, 0.717) is 0 Å². The largest absolute Gasteiger partial charge is 0.468 e. The van der Waals surface area contributed by atoms with Crippen LogP contribution in [0.1, 0.15) is 25.3 Å². The van der Waals surface area contributed by atoms with E-state index in [0.717, 1.165) is 29.5 Å². The topological polar surface area (TPSA) is 77.7 Å². The minimum atomic E-state index is -3.89. The molecule has 0 saturated carbocycles. The Morgan fingerprint density at radius 2 is 1.93 bits per heavy atom. The summed E-state index contributed by atoms with van der Waals surface area (Å²) in [5, 5.41) is 0. The van der Waals surface area contributed by atoms with Crippen molar-refractivity contribution in [3.8, 4) is 0 Å². The number of hydrogen-bond donors (Lipinski definition) is 0. The van der Waals surface area contributed by atoms with E-state index in [1.165, 1.54) is 36.1 Å². The van der Waals surface area contributed by atoms with Crippen molar-refractivity contribution in [1.29, 1.82) is 0 Å². The van der Waals surface area contributed by atoms with Crippen LogP contribution in [0.2, 0.25) is 0 Å². The van der Waals surface area contributed by atoms with Gasteiger partial charge >= 0.3 is 5.97 Å². The van der Waals surface area contributed by atoms with Crippen molar-refractivity contribution in [1.82, 2.24) is 4.57 Å². The van der Waals surface area contributed by atoms with E-state index in [-0.39, 0.29) is 16.2 Å². The number of fused-ring (bicyclic) bond motifs is 1. The average Bonchev–Trinajstić information content (AvgIpc) is 3.02. The van der Waals surface area contributed by atoms with Crippen LogP contribution < -0.4 is 4.80 Å². The van der Waals surface area contributed by atoms with Crippen molar-refractivity contribution < 1.29 is 17.9 Å². The zero-order valence-electron chi connectivity index (χ0n) is 15.8. The summed E-state index contributed by atoms with van der Waals surface area (Å²) in [6.07, 6.45) is 3.13. The normalized spacial score (nSPS) is 12.4. The molecule has 28 heavy (non-hydrogen) atoms. The lowest BCUT2D eigenvalue weighted by molar-refractivity contribution is -0.141. The molecule has 0 saturated heterocycles. The minimum absolute atomic E-state index is 0.103. The van der Waals surface area contributed by atoms with E-state index in [1.54, 1.807) is 22.8 Å². The summed E-state index contributed by atoms with van der Waals surface area (Å²) in [5.74, 6) is -0.465. The molecule has 3 rings (SSSR count). The summed E-state index contributed by atoms with van der Waals surface area (Å²) < 4.78 is 36.7.